The molecular formula is C51H58Cl3N6NaO12. The number of carbonyl (C=O) groups is 4. The molecule has 0 aliphatic carbocycles. The number of fused-ring (bicyclic) bond motifs is 1. The molecule has 386 valence electrons. The van der Waals surface area contributed by atoms with E-state index in [9.17, 15) is 24.0 Å². The zero-order chi connectivity index (χ0) is 53.4. The summed E-state index contributed by atoms with van der Waals surface area (Å²) in [5.74, 6) is 3.02. The van der Waals surface area contributed by atoms with E-state index in [4.69, 9.17) is 68.0 Å². The van der Waals surface area contributed by atoms with Crippen molar-refractivity contribution < 1.29 is 82.4 Å². The van der Waals surface area contributed by atoms with E-state index in [0.717, 1.165) is 6.42 Å². The van der Waals surface area contributed by atoms with Crippen LogP contribution in [0.2, 0.25) is 15.1 Å². The van der Waals surface area contributed by atoms with Crippen LogP contribution in [-0.4, -0.2) is 71.1 Å². The Hall–Kier alpha value is -6.15. The maximum Gasteiger partial charge on any atom is 1.00 e. The van der Waals surface area contributed by atoms with Gasteiger partial charge in [0.15, 0.2) is 40.8 Å². The van der Waals surface area contributed by atoms with Gasteiger partial charge in [-0.05, 0) is 81.5 Å². The number of nitrogens with one attached hydrogen (secondary N) is 2. The van der Waals surface area contributed by atoms with E-state index in [-0.39, 0.29) is 93.5 Å². The maximum absolute atomic E-state index is 12.5. The molecule has 0 bridgehead atoms. The van der Waals surface area contributed by atoms with Crippen LogP contribution >= 0.6 is 34.8 Å². The Morgan fingerprint density at radius 2 is 1.30 bits per heavy atom. The summed E-state index contributed by atoms with van der Waals surface area (Å²) in [5, 5.41) is 4.34. The van der Waals surface area contributed by atoms with Crippen LogP contribution in [0.25, 0.3) is 22.3 Å². The molecular weight excluding hydrogens is 1020 g/mol. The third kappa shape index (κ3) is 17.2. The number of nitrogens with zero attached hydrogens (tertiary/aromatic N) is 3. The molecule has 3 aromatic carbocycles. The largest absolute Gasteiger partial charge is 1.00 e. The second-order valence-corrected chi connectivity index (χ2v) is 18.0. The number of anilines is 2. The number of pyridine rings is 1. The van der Waals surface area contributed by atoms with Crippen LogP contribution in [-0.2, 0) is 24.1 Å². The molecule has 0 amide bonds. The third-order valence-corrected chi connectivity index (χ3v) is 11.1. The quantitative estimate of drug-likeness (QED) is 0.0334. The molecule has 22 heteroatoms. The number of nitrogens with two attached hydrogens (primary N) is 1. The SMILES string of the molecule is CC(C)Nc1nc(OC=O)co1.COc1ccc(C(C)=O)c(CC(=O)c2coc(CC(C)C)n2)c1Cl.COc1ccc(C(C)=O)c(N)c1Cl.COc1ccc2c(=O)cc(-c3coc(CC(C)C)n3)[nH]c2c1Cl.[H-].[Na+]. The first-order valence-corrected chi connectivity index (χ1v) is 23.4. The number of halogens is 3. The predicted molar refractivity (Wildman–Crippen MR) is 277 cm³/mol. The van der Waals surface area contributed by atoms with Crippen molar-refractivity contribution in [1.82, 2.24) is 19.9 Å². The van der Waals surface area contributed by atoms with E-state index >= 15 is 0 Å². The Bertz CT molecular complexity index is 3060. The van der Waals surface area contributed by atoms with Gasteiger partial charge in [0.2, 0.25) is 0 Å². The zero-order valence-electron chi connectivity index (χ0n) is 43.7. The van der Waals surface area contributed by atoms with E-state index < -0.39 is 0 Å². The van der Waals surface area contributed by atoms with Crippen molar-refractivity contribution in [3.63, 3.8) is 0 Å². The minimum absolute atomic E-state index is 0. The Balaban J connectivity index is 0.000000349. The first kappa shape index (κ1) is 61.2. The molecule has 0 radical (unpaired) electrons. The van der Waals surface area contributed by atoms with Crippen molar-refractivity contribution in [2.45, 2.75) is 80.7 Å². The molecule has 0 atom stereocenters. The van der Waals surface area contributed by atoms with E-state index in [0.29, 0.717) is 104 Å². The molecule has 0 unspecified atom stereocenters. The van der Waals surface area contributed by atoms with E-state index in [2.05, 4.69) is 43.8 Å². The number of Topliss-reactive ketones (excluding diaryl/α,β-unsaturated/α-hetero) is 3. The summed E-state index contributed by atoms with van der Waals surface area (Å²) >= 11 is 18.4. The van der Waals surface area contributed by atoms with Crippen molar-refractivity contribution in [3.8, 4) is 34.5 Å². The van der Waals surface area contributed by atoms with Crippen LogP contribution in [0.5, 0.6) is 23.1 Å². The number of oxazole rings is 3. The van der Waals surface area contributed by atoms with E-state index in [1.165, 1.54) is 53.8 Å². The van der Waals surface area contributed by atoms with Gasteiger partial charge < -0.3 is 49.7 Å². The Labute approximate surface area is 460 Å². The Morgan fingerprint density at radius 3 is 1.86 bits per heavy atom. The van der Waals surface area contributed by atoms with Gasteiger partial charge in [0.1, 0.15) is 51.2 Å². The molecule has 7 aromatic rings. The molecule has 73 heavy (non-hydrogen) atoms. The fourth-order valence-corrected chi connectivity index (χ4v) is 7.38. The van der Waals surface area contributed by atoms with Gasteiger partial charge in [0.25, 0.3) is 18.4 Å². The topological polar surface area (TPSA) is 254 Å². The summed E-state index contributed by atoms with van der Waals surface area (Å²) in [6.45, 7) is 15.3. The molecule has 4 aromatic heterocycles. The number of aromatic amines is 1. The molecule has 4 N–H and O–H groups in total. The van der Waals surface area contributed by atoms with Gasteiger partial charge in [-0.2, -0.15) is 4.98 Å². The summed E-state index contributed by atoms with van der Waals surface area (Å²) in [6, 6.07) is 11.9. The summed E-state index contributed by atoms with van der Waals surface area (Å²) < 4.78 is 35.5. The second-order valence-electron chi connectivity index (χ2n) is 16.9. The Kier molecular flexibility index (Phi) is 24.2. The minimum Gasteiger partial charge on any atom is -1.00 e. The number of aromatic nitrogens is 4. The van der Waals surface area contributed by atoms with Gasteiger partial charge in [0.05, 0.1) is 43.3 Å². The van der Waals surface area contributed by atoms with Crippen molar-refractivity contribution in [1.29, 1.82) is 0 Å². The molecule has 0 aliphatic rings. The number of nitrogen functional groups attached to an aromatic ring is 1. The number of methoxy groups -OCH3 is 3. The monoisotopic (exact) mass is 1070 g/mol. The average molecular weight is 1080 g/mol. The molecule has 18 nitrogen and oxygen atoms in total. The summed E-state index contributed by atoms with van der Waals surface area (Å²) in [4.78, 5) is 73.2. The van der Waals surface area contributed by atoms with Crippen molar-refractivity contribution >= 4 is 81.2 Å². The molecule has 7 rings (SSSR count). The molecule has 4 heterocycles. The van der Waals surface area contributed by atoms with Gasteiger partial charge in [0, 0.05) is 47.9 Å². The van der Waals surface area contributed by atoms with Crippen LogP contribution in [0.1, 0.15) is 105 Å². The Morgan fingerprint density at radius 1 is 0.753 bits per heavy atom. The van der Waals surface area contributed by atoms with Crippen molar-refractivity contribution in [2.24, 2.45) is 11.8 Å². The van der Waals surface area contributed by atoms with Gasteiger partial charge in [-0.15, -0.1) is 0 Å². The first-order chi connectivity index (χ1) is 34.1. The fraction of sp³-hybridized carbons (Fsp3) is 0.333. The van der Waals surface area contributed by atoms with E-state index in [1.807, 2.05) is 27.7 Å². The minimum atomic E-state index is -0.258. The van der Waals surface area contributed by atoms with E-state index in [1.54, 1.807) is 42.7 Å². The van der Waals surface area contributed by atoms with Crippen LogP contribution in [0.3, 0.4) is 0 Å². The normalized spacial score (nSPS) is 10.5. The number of hydrogen-bond acceptors (Lipinski definition) is 17. The second kappa shape index (κ2) is 28.9. The van der Waals surface area contributed by atoms with Crippen LogP contribution in [0.15, 0.2) is 79.3 Å². The number of rotatable bonds is 17. The van der Waals surface area contributed by atoms with Crippen molar-refractivity contribution in [3.05, 3.63) is 121 Å². The molecule has 0 fully saturated rings. The van der Waals surface area contributed by atoms with Gasteiger partial charge >= 0.3 is 29.6 Å². The zero-order valence-corrected chi connectivity index (χ0v) is 46.9. The molecule has 0 aliphatic heterocycles. The fourth-order valence-electron chi connectivity index (χ4n) is 6.54. The molecule has 0 saturated carbocycles. The van der Waals surface area contributed by atoms with Gasteiger partial charge in [-0.3, -0.25) is 24.0 Å². The summed E-state index contributed by atoms with van der Waals surface area (Å²) in [6.07, 6.45) is 5.51. The summed E-state index contributed by atoms with van der Waals surface area (Å²) in [7, 11) is 4.51. The number of carbonyl (C=O) groups excluding carboxylic acids is 4. The van der Waals surface area contributed by atoms with Crippen LogP contribution < -0.4 is 65.0 Å². The number of ketones is 3. The smallest absolute Gasteiger partial charge is 1.00 e. The molecule has 0 spiro atoms. The maximum atomic E-state index is 12.5. The van der Waals surface area contributed by atoms with Gasteiger partial charge in [-0.1, -0.05) is 62.5 Å². The van der Waals surface area contributed by atoms with Crippen LogP contribution in [0.4, 0.5) is 11.7 Å². The standard InChI is InChI=1S/C18H20ClNO4.C17H17ClN2O3.C9H10ClNO2.C7H10N2O3.Na.H/c1-10(2)7-17-20-14(9-24-17)15(22)8-13-12(11(3)21)5-6-16(23-4)18(13)19;1-9(2)6-15-19-12(8-23-15)11-7-13(21)10-4-5-14(22-3)16(18)17(10)20-11;1-5(12)6-3-4-7(13-2)8(10)9(6)11;1-5(2)8-7-9-6(3-11-7)12-4-10;;/h5-6,9-10H,7-8H2,1-4H3;4-5,7-9H,6H2,1-3H3,(H,20,21);3-4H,11H2,1-2H3;3-5H,1-2H3,(H,8,9);;/q;;;;+1;-1. The average Bonchev–Trinajstić information content (AvgIpc) is 4.10. The third-order valence-electron chi connectivity index (χ3n) is 9.91. The first-order valence-electron chi connectivity index (χ1n) is 22.3. The summed E-state index contributed by atoms with van der Waals surface area (Å²) in [5.41, 5.74) is 8.95. The van der Waals surface area contributed by atoms with Crippen LogP contribution in [0, 0.1) is 11.8 Å². The number of ether oxygens (including phenoxy) is 4. The predicted octanol–water partition coefficient (Wildman–Crippen LogP) is 8.49. The number of hydrogen-bond donors (Lipinski definition) is 3. The van der Waals surface area contributed by atoms with Crippen molar-refractivity contribution in [2.75, 3.05) is 32.4 Å². The van der Waals surface area contributed by atoms with Gasteiger partial charge in [-0.25, -0.2) is 9.97 Å². The number of benzene rings is 3. The molecule has 0 saturated heterocycles. The number of H-pyrrole nitrogens is 1.